The molecule has 2 rings (SSSR count). The van der Waals surface area contributed by atoms with Crippen molar-refractivity contribution in [3.8, 4) is 11.3 Å². The molecule has 0 bridgehead atoms. The van der Waals surface area contributed by atoms with Crippen molar-refractivity contribution in [2.75, 3.05) is 0 Å². The lowest BCUT2D eigenvalue weighted by molar-refractivity contribution is 0.592. The smallest absolute Gasteiger partial charge is 0.0924 e. The van der Waals surface area contributed by atoms with Crippen molar-refractivity contribution in [3.05, 3.63) is 42.4 Å². The van der Waals surface area contributed by atoms with Crippen molar-refractivity contribution in [2.45, 2.75) is 26.2 Å². The molecule has 0 aliphatic carbocycles. The quantitative estimate of drug-likeness (QED) is 0.751. The Labute approximate surface area is 90.4 Å². The van der Waals surface area contributed by atoms with E-state index in [1.807, 2.05) is 6.20 Å². The van der Waals surface area contributed by atoms with E-state index in [-0.39, 0.29) is 5.41 Å². The van der Waals surface area contributed by atoms with Gasteiger partial charge in [-0.25, -0.2) is 4.98 Å². The van der Waals surface area contributed by atoms with Crippen LogP contribution in [0.3, 0.4) is 0 Å². The van der Waals surface area contributed by atoms with Gasteiger partial charge in [-0.3, -0.25) is 0 Å². The molecule has 1 aromatic carbocycles. The third-order valence-corrected chi connectivity index (χ3v) is 2.52. The van der Waals surface area contributed by atoms with E-state index in [1.54, 1.807) is 6.33 Å². The third kappa shape index (κ3) is 1.94. The van der Waals surface area contributed by atoms with Gasteiger partial charge in [0.1, 0.15) is 0 Å². The molecule has 0 spiro atoms. The lowest BCUT2D eigenvalue weighted by Crippen LogP contribution is -2.12. The summed E-state index contributed by atoms with van der Waals surface area (Å²) in [5, 5.41) is 0. The Balaban J connectivity index is 2.58. The SMILES string of the molecule is CC(C)(C)c1ccccc1-c1cnc[nH]1. The van der Waals surface area contributed by atoms with Gasteiger partial charge in [0, 0.05) is 5.56 Å². The largest absolute Gasteiger partial charge is 0.345 e. The number of hydrogen-bond acceptors (Lipinski definition) is 1. The summed E-state index contributed by atoms with van der Waals surface area (Å²) < 4.78 is 0. The van der Waals surface area contributed by atoms with Gasteiger partial charge in [-0.2, -0.15) is 0 Å². The molecule has 0 fully saturated rings. The number of aromatic nitrogens is 2. The Morgan fingerprint density at radius 2 is 1.87 bits per heavy atom. The summed E-state index contributed by atoms with van der Waals surface area (Å²) in [6.07, 6.45) is 3.58. The molecule has 78 valence electrons. The van der Waals surface area contributed by atoms with E-state index in [0.717, 1.165) is 5.69 Å². The van der Waals surface area contributed by atoms with Crippen molar-refractivity contribution in [1.82, 2.24) is 9.97 Å². The molecule has 0 unspecified atom stereocenters. The second kappa shape index (κ2) is 3.54. The molecule has 15 heavy (non-hydrogen) atoms. The van der Waals surface area contributed by atoms with Gasteiger partial charge in [0.2, 0.25) is 0 Å². The number of benzene rings is 1. The van der Waals surface area contributed by atoms with Gasteiger partial charge in [-0.05, 0) is 11.0 Å². The molecule has 0 aliphatic heterocycles. The van der Waals surface area contributed by atoms with E-state index in [2.05, 4.69) is 55.0 Å². The van der Waals surface area contributed by atoms with Gasteiger partial charge >= 0.3 is 0 Å². The van der Waals surface area contributed by atoms with Gasteiger partial charge in [-0.1, -0.05) is 45.0 Å². The lowest BCUT2D eigenvalue weighted by atomic mass is 9.83. The van der Waals surface area contributed by atoms with Crippen molar-refractivity contribution in [2.24, 2.45) is 0 Å². The van der Waals surface area contributed by atoms with Crippen LogP contribution in [0.5, 0.6) is 0 Å². The van der Waals surface area contributed by atoms with Crippen LogP contribution in [0.4, 0.5) is 0 Å². The minimum Gasteiger partial charge on any atom is -0.345 e. The van der Waals surface area contributed by atoms with Crippen molar-refractivity contribution in [3.63, 3.8) is 0 Å². The van der Waals surface area contributed by atoms with Gasteiger partial charge in [0.25, 0.3) is 0 Å². The Bertz CT molecular complexity index is 436. The van der Waals surface area contributed by atoms with E-state index in [0.29, 0.717) is 0 Å². The van der Waals surface area contributed by atoms with Gasteiger partial charge in [-0.15, -0.1) is 0 Å². The fourth-order valence-corrected chi connectivity index (χ4v) is 1.78. The molecule has 2 aromatic rings. The summed E-state index contributed by atoms with van der Waals surface area (Å²) >= 11 is 0. The Morgan fingerprint density at radius 1 is 1.13 bits per heavy atom. The average Bonchev–Trinajstić information content (AvgIpc) is 2.69. The second-order valence-electron chi connectivity index (χ2n) is 4.76. The minimum atomic E-state index is 0.154. The predicted molar refractivity (Wildman–Crippen MR) is 62.7 cm³/mol. The molecule has 0 saturated heterocycles. The van der Waals surface area contributed by atoms with Crippen LogP contribution in [-0.2, 0) is 5.41 Å². The number of rotatable bonds is 1. The van der Waals surface area contributed by atoms with E-state index in [9.17, 15) is 0 Å². The first kappa shape index (κ1) is 9.97. The van der Waals surface area contributed by atoms with Gasteiger partial charge in [0.15, 0.2) is 0 Å². The second-order valence-corrected chi connectivity index (χ2v) is 4.76. The lowest BCUT2D eigenvalue weighted by Gasteiger charge is -2.22. The molecule has 1 aromatic heterocycles. The number of nitrogens with one attached hydrogen (secondary N) is 1. The molecule has 0 radical (unpaired) electrons. The zero-order valence-corrected chi connectivity index (χ0v) is 9.41. The molecule has 0 amide bonds. The highest BCUT2D eigenvalue weighted by molar-refractivity contribution is 5.64. The summed E-state index contributed by atoms with van der Waals surface area (Å²) in [5.74, 6) is 0. The maximum Gasteiger partial charge on any atom is 0.0924 e. The molecular formula is C13H16N2. The maximum atomic E-state index is 4.07. The first-order valence-corrected chi connectivity index (χ1v) is 5.17. The Hall–Kier alpha value is -1.57. The van der Waals surface area contributed by atoms with Gasteiger partial charge < -0.3 is 4.98 Å². The molecule has 2 heteroatoms. The van der Waals surface area contributed by atoms with E-state index >= 15 is 0 Å². The predicted octanol–water partition coefficient (Wildman–Crippen LogP) is 3.37. The molecule has 1 heterocycles. The van der Waals surface area contributed by atoms with Crippen LogP contribution in [0, 0.1) is 0 Å². The van der Waals surface area contributed by atoms with Crippen molar-refractivity contribution < 1.29 is 0 Å². The fourth-order valence-electron chi connectivity index (χ4n) is 1.78. The summed E-state index contributed by atoms with van der Waals surface area (Å²) in [6, 6.07) is 8.45. The molecule has 0 atom stereocenters. The van der Waals surface area contributed by atoms with Crippen LogP contribution in [0.2, 0.25) is 0 Å². The fraction of sp³-hybridized carbons (Fsp3) is 0.308. The Kier molecular flexibility index (Phi) is 2.35. The molecule has 0 aliphatic rings. The highest BCUT2D eigenvalue weighted by Crippen LogP contribution is 2.31. The average molecular weight is 200 g/mol. The first-order chi connectivity index (χ1) is 7.09. The van der Waals surface area contributed by atoms with E-state index in [1.165, 1.54) is 11.1 Å². The normalized spacial score (nSPS) is 11.7. The molecular weight excluding hydrogens is 184 g/mol. The maximum absolute atomic E-state index is 4.07. The minimum absolute atomic E-state index is 0.154. The zero-order chi connectivity index (χ0) is 10.9. The molecule has 2 nitrogen and oxygen atoms in total. The third-order valence-electron chi connectivity index (χ3n) is 2.52. The van der Waals surface area contributed by atoms with Crippen LogP contribution >= 0.6 is 0 Å². The van der Waals surface area contributed by atoms with Crippen LogP contribution in [0.15, 0.2) is 36.8 Å². The van der Waals surface area contributed by atoms with Gasteiger partial charge in [0.05, 0.1) is 18.2 Å². The summed E-state index contributed by atoms with van der Waals surface area (Å²) in [7, 11) is 0. The summed E-state index contributed by atoms with van der Waals surface area (Å²) in [5.41, 5.74) is 3.82. The summed E-state index contributed by atoms with van der Waals surface area (Å²) in [6.45, 7) is 6.67. The van der Waals surface area contributed by atoms with Crippen LogP contribution in [-0.4, -0.2) is 9.97 Å². The summed E-state index contributed by atoms with van der Waals surface area (Å²) in [4.78, 5) is 7.22. The topological polar surface area (TPSA) is 28.7 Å². The monoisotopic (exact) mass is 200 g/mol. The number of nitrogens with zero attached hydrogens (tertiary/aromatic N) is 1. The number of imidazole rings is 1. The van der Waals surface area contributed by atoms with E-state index < -0.39 is 0 Å². The van der Waals surface area contributed by atoms with Crippen molar-refractivity contribution >= 4 is 0 Å². The highest BCUT2D eigenvalue weighted by atomic mass is 14.9. The first-order valence-electron chi connectivity index (χ1n) is 5.17. The van der Waals surface area contributed by atoms with Crippen LogP contribution < -0.4 is 0 Å². The molecule has 1 N–H and O–H groups in total. The van der Waals surface area contributed by atoms with Crippen LogP contribution in [0.25, 0.3) is 11.3 Å². The molecule has 0 saturated carbocycles. The number of aromatic amines is 1. The van der Waals surface area contributed by atoms with Crippen LogP contribution in [0.1, 0.15) is 26.3 Å². The Morgan fingerprint density at radius 3 is 2.47 bits per heavy atom. The zero-order valence-electron chi connectivity index (χ0n) is 9.41. The highest BCUT2D eigenvalue weighted by Gasteiger charge is 2.18. The standard InChI is InChI=1S/C13H16N2/c1-13(2,3)11-7-5-4-6-10(11)12-8-14-9-15-12/h4-9H,1-3H3,(H,14,15). The number of H-pyrrole nitrogens is 1. The number of hydrogen-bond donors (Lipinski definition) is 1. The van der Waals surface area contributed by atoms with Crippen molar-refractivity contribution in [1.29, 1.82) is 0 Å². The van der Waals surface area contributed by atoms with E-state index in [4.69, 9.17) is 0 Å².